The van der Waals surface area contributed by atoms with E-state index >= 15 is 0 Å². The molecule has 4 aromatic rings. The van der Waals surface area contributed by atoms with Gasteiger partial charge in [-0.2, -0.15) is 0 Å². The zero-order chi connectivity index (χ0) is 16.4. The average Bonchev–Trinajstić information content (AvgIpc) is 3.34. The summed E-state index contributed by atoms with van der Waals surface area (Å²) in [4.78, 5) is 0. The van der Waals surface area contributed by atoms with E-state index in [0.29, 0.717) is 16.9 Å². The van der Waals surface area contributed by atoms with Gasteiger partial charge in [0.2, 0.25) is 0 Å². The first-order valence-corrected chi connectivity index (χ1v) is 8.30. The van der Waals surface area contributed by atoms with Crippen LogP contribution in [0.2, 0.25) is 0 Å². The number of hydrogen-bond donors (Lipinski definition) is 0. The molecular formula is C17H13N3O3S. The van der Waals surface area contributed by atoms with Crippen molar-refractivity contribution < 1.29 is 13.4 Å². The second-order valence-corrected chi connectivity index (χ2v) is 6.02. The van der Waals surface area contributed by atoms with Gasteiger partial charge >= 0.3 is 0 Å². The summed E-state index contributed by atoms with van der Waals surface area (Å²) in [6, 6.07) is 13.6. The van der Waals surface area contributed by atoms with E-state index in [9.17, 15) is 0 Å². The van der Waals surface area contributed by atoms with Gasteiger partial charge in [0.05, 0.1) is 17.6 Å². The predicted molar refractivity (Wildman–Crippen MR) is 88.2 cm³/mol. The number of aromatic nitrogens is 3. The van der Waals surface area contributed by atoms with Crippen molar-refractivity contribution in [1.82, 2.24) is 15.4 Å². The van der Waals surface area contributed by atoms with Gasteiger partial charge in [0.25, 0.3) is 11.1 Å². The maximum Gasteiger partial charge on any atom is 0.277 e. The van der Waals surface area contributed by atoms with Gasteiger partial charge in [-0.3, -0.25) is 0 Å². The highest BCUT2D eigenvalue weighted by Gasteiger charge is 2.14. The maximum atomic E-state index is 5.64. The van der Waals surface area contributed by atoms with Crippen molar-refractivity contribution in [2.75, 3.05) is 0 Å². The Morgan fingerprint density at radius 1 is 1.08 bits per heavy atom. The third-order valence-corrected chi connectivity index (χ3v) is 4.30. The van der Waals surface area contributed by atoms with Crippen LogP contribution in [0, 0.1) is 6.92 Å². The number of benzene rings is 1. The monoisotopic (exact) mass is 339 g/mol. The summed E-state index contributed by atoms with van der Waals surface area (Å²) >= 11 is 1.40. The highest BCUT2D eigenvalue weighted by Crippen LogP contribution is 2.29. The molecule has 0 saturated heterocycles. The summed E-state index contributed by atoms with van der Waals surface area (Å²) in [5.74, 6) is 2.51. The lowest BCUT2D eigenvalue weighted by molar-refractivity contribution is 0.396. The van der Waals surface area contributed by atoms with Gasteiger partial charge in [0.15, 0.2) is 0 Å². The van der Waals surface area contributed by atoms with E-state index in [1.165, 1.54) is 11.8 Å². The summed E-state index contributed by atoms with van der Waals surface area (Å²) in [5.41, 5.74) is 2.64. The van der Waals surface area contributed by atoms with E-state index in [-0.39, 0.29) is 0 Å². The van der Waals surface area contributed by atoms with Crippen LogP contribution in [0.5, 0.6) is 0 Å². The maximum absolute atomic E-state index is 5.64. The summed E-state index contributed by atoms with van der Waals surface area (Å²) in [7, 11) is 0. The van der Waals surface area contributed by atoms with Crippen LogP contribution in [0.4, 0.5) is 0 Å². The third kappa shape index (κ3) is 2.98. The summed E-state index contributed by atoms with van der Waals surface area (Å²) in [6.45, 7) is 1.85. The molecule has 3 heterocycles. The van der Waals surface area contributed by atoms with Crippen molar-refractivity contribution in [2.45, 2.75) is 17.9 Å². The number of thioether (sulfide) groups is 1. The molecule has 120 valence electrons. The van der Waals surface area contributed by atoms with Crippen molar-refractivity contribution in [3.8, 4) is 22.7 Å². The highest BCUT2D eigenvalue weighted by atomic mass is 32.2. The van der Waals surface area contributed by atoms with Crippen molar-refractivity contribution >= 4 is 11.8 Å². The molecule has 0 saturated carbocycles. The predicted octanol–water partition coefficient (Wildman–Crippen LogP) is 4.59. The second-order valence-electron chi connectivity index (χ2n) is 5.10. The fourth-order valence-corrected chi connectivity index (χ4v) is 2.88. The van der Waals surface area contributed by atoms with Crippen LogP contribution < -0.4 is 0 Å². The molecule has 0 aliphatic rings. The van der Waals surface area contributed by atoms with Gasteiger partial charge in [0.1, 0.15) is 17.2 Å². The van der Waals surface area contributed by atoms with Crippen molar-refractivity contribution in [1.29, 1.82) is 0 Å². The van der Waals surface area contributed by atoms with Crippen LogP contribution in [-0.4, -0.2) is 15.4 Å². The Hall–Kier alpha value is -2.80. The van der Waals surface area contributed by atoms with Crippen LogP contribution in [0.3, 0.4) is 0 Å². The Labute approximate surface area is 141 Å². The van der Waals surface area contributed by atoms with Gasteiger partial charge in [0, 0.05) is 11.6 Å². The largest absolute Gasteiger partial charge is 0.469 e. The van der Waals surface area contributed by atoms with Crippen molar-refractivity contribution in [3.05, 3.63) is 60.2 Å². The molecule has 1 aromatic carbocycles. The molecule has 0 aliphatic carbocycles. The molecule has 3 aromatic heterocycles. The quantitative estimate of drug-likeness (QED) is 0.492. The van der Waals surface area contributed by atoms with E-state index in [1.54, 1.807) is 12.3 Å². The van der Waals surface area contributed by atoms with Crippen LogP contribution in [0.1, 0.15) is 11.5 Å². The molecule has 0 radical (unpaired) electrons. The van der Waals surface area contributed by atoms with Gasteiger partial charge in [-0.05, 0) is 13.0 Å². The number of hydrogen-bond acceptors (Lipinski definition) is 7. The minimum Gasteiger partial charge on any atom is -0.469 e. The van der Waals surface area contributed by atoms with E-state index in [0.717, 1.165) is 28.3 Å². The van der Waals surface area contributed by atoms with Crippen LogP contribution in [0.25, 0.3) is 22.7 Å². The van der Waals surface area contributed by atoms with Crippen LogP contribution in [-0.2, 0) is 5.75 Å². The number of rotatable bonds is 5. The van der Waals surface area contributed by atoms with Crippen molar-refractivity contribution in [3.63, 3.8) is 0 Å². The molecule has 0 atom stereocenters. The zero-order valence-electron chi connectivity index (χ0n) is 12.8. The zero-order valence-corrected chi connectivity index (χ0v) is 13.6. The number of furan rings is 1. The Morgan fingerprint density at radius 2 is 1.96 bits per heavy atom. The Kier molecular flexibility index (Phi) is 3.92. The molecule has 4 rings (SSSR count). The lowest BCUT2D eigenvalue weighted by atomic mass is 10.1. The summed E-state index contributed by atoms with van der Waals surface area (Å²) < 4.78 is 16.2. The topological polar surface area (TPSA) is 78.1 Å². The average molecular weight is 339 g/mol. The summed E-state index contributed by atoms with van der Waals surface area (Å²) in [5, 5.41) is 12.6. The Balaban J connectivity index is 1.44. The molecule has 24 heavy (non-hydrogen) atoms. The molecular weight excluding hydrogens is 326 g/mol. The smallest absolute Gasteiger partial charge is 0.277 e. The molecule has 7 heteroatoms. The third-order valence-electron chi connectivity index (χ3n) is 3.46. The van der Waals surface area contributed by atoms with Gasteiger partial charge in [-0.25, -0.2) is 0 Å². The van der Waals surface area contributed by atoms with Gasteiger partial charge in [-0.1, -0.05) is 47.3 Å². The minimum atomic E-state index is 0.450. The second kappa shape index (κ2) is 6.37. The normalized spacial score (nSPS) is 11.0. The van der Waals surface area contributed by atoms with E-state index in [1.807, 2.05) is 43.3 Å². The molecule has 0 spiro atoms. The Morgan fingerprint density at radius 3 is 2.75 bits per heavy atom. The number of aryl methyl sites for hydroxylation is 1. The molecule has 0 N–H and O–H groups in total. The SMILES string of the molecule is Cc1occc1-c1nnc(SCc2cc(-c3ccccc3)no2)o1. The minimum absolute atomic E-state index is 0.450. The van der Waals surface area contributed by atoms with Gasteiger partial charge in [-0.15, -0.1) is 10.2 Å². The van der Waals surface area contributed by atoms with Crippen LogP contribution >= 0.6 is 11.8 Å². The van der Waals surface area contributed by atoms with Gasteiger partial charge < -0.3 is 13.4 Å². The lowest BCUT2D eigenvalue weighted by Crippen LogP contribution is -1.77. The van der Waals surface area contributed by atoms with Crippen molar-refractivity contribution in [2.24, 2.45) is 0 Å². The molecule has 0 fully saturated rings. The molecule has 0 unspecified atom stereocenters. The molecule has 0 bridgehead atoms. The highest BCUT2D eigenvalue weighted by molar-refractivity contribution is 7.98. The first-order valence-electron chi connectivity index (χ1n) is 7.31. The molecule has 0 aliphatic heterocycles. The van der Waals surface area contributed by atoms with E-state index < -0.39 is 0 Å². The van der Waals surface area contributed by atoms with E-state index in [2.05, 4.69) is 15.4 Å². The Bertz CT molecular complexity index is 943. The standard InChI is InChI=1S/C17H13N3O3S/c1-11-14(7-8-21-11)16-18-19-17(22-16)24-10-13-9-15(20-23-13)12-5-3-2-4-6-12/h2-9H,10H2,1H3. The van der Waals surface area contributed by atoms with Crippen LogP contribution in [0.15, 0.2) is 67.3 Å². The first-order chi connectivity index (χ1) is 11.8. The molecule has 0 amide bonds. The lowest BCUT2D eigenvalue weighted by Gasteiger charge is -1.92. The first kappa shape index (κ1) is 14.8. The number of nitrogens with zero attached hydrogens (tertiary/aromatic N) is 3. The molecule has 6 nitrogen and oxygen atoms in total. The summed E-state index contributed by atoms with van der Waals surface area (Å²) in [6.07, 6.45) is 1.60. The van der Waals surface area contributed by atoms with E-state index in [4.69, 9.17) is 13.4 Å². The fraction of sp³-hybridized carbons (Fsp3) is 0.118. The fourth-order valence-electron chi connectivity index (χ4n) is 2.24.